The minimum Gasteiger partial charge on any atom is -0.495 e. The minimum atomic E-state index is -0.791. The van der Waals surface area contributed by atoms with E-state index in [4.69, 9.17) is 4.74 Å². The van der Waals surface area contributed by atoms with Crippen LogP contribution in [0.1, 0.15) is 22.9 Å². The first kappa shape index (κ1) is 24.1. The van der Waals surface area contributed by atoms with Crippen molar-refractivity contribution < 1.29 is 24.1 Å². The molecule has 0 bridgehead atoms. The van der Waals surface area contributed by atoms with Crippen molar-refractivity contribution in [2.24, 2.45) is 4.99 Å². The van der Waals surface area contributed by atoms with Gasteiger partial charge < -0.3 is 24.8 Å². The van der Waals surface area contributed by atoms with Gasteiger partial charge in [0.1, 0.15) is 17.3 Å². The Morgan fingerprint density at radius 2 is 2.00 bits per heavy atom. The molecular weight excluding hydrogens is 453 g/mol. The molecule has 0 aliphatic carbocycles. The summed E-state index contributed by atoms with van der Waals surface area (Å²) in [6, 6.07) is 10.3. The Labute approximate surface area is 201 Å². The van der Waals surface area contributed by atoms with E-state index in [1.165, 1.54) is 29.2 Å². The highest BCUT2D eigenvalue weighted by atomic mass is 19.1. The molecule has 10 heteroatoms. The maximum Gasteiger partial charge on any atom is 0.277 e. The normalized spacial score (nSPS) is 16.7. The number of guanidine groups is 1. The number of aromatic nitrogens is 2. The number of carbonyl (C=O) groups is 1. The van der Waals surface area contributed by atoms with Crippen molar-refractivity contribution in [1.82, 2.24) is 19.8 Å². The Kier molecular flexibility index (Phi) is 7.23. The fourth-order valence-electron chi connectivity index (χ4n) is 3.86. The van der Waals surface area contributed by atoms with E-state index in [9.17, 15) is 19.4 Å². The van der Waals surface area contributed by atoms with Crippen molar-refractivity contribution in [3.8, 4) is 11.4 Å². The van der Waals surface area contributed by atoms with Gasteiger partial charge in [0.15, 0.2) is 0 Å². The second-order valence-electron chi connectivity index (χ2n) is 7.89. The lowest BCUT2D eigenvalue weighted by Gasteiger charge is -2.25. The van der Waals surface area contributed by atoms with Crippen LogP contribution in [0.3, 0.4) is 0 Å². The number of aliphatic hydroxyl groups is 2. The molecule has 4 rings (SSSR count). The molecule has 1 aliphatic rings. The number of methoxy groups -OCH3 is 1. The Morgan fingerprint density at radius 1 is 1.23 bits per heavy atom. The first-order chi connectivity index (χ1) is 16.9. The van der Waals surface area contributed by atoms with Gasteiger partial charge in [-0.1, -0.05) is 18.2 Å². The molecule has 3 N–H and O–H groups in total. The van der Waals surface area contributed by atoms with E-state index in [1.807, 2.05) is 29.8 Å². The molecule has 0 saturated carbocycles. The van der Waals surface area contributed by atoms with Gasteiger partial charge in [0, 0.05) is 6.20 Å². The van der Waals surface area contributed by atoms with E-state index in [0.717, 1.165) is 11.4 Å². The van der Waals surface area contributed by atoms with Crippen LogP contribution < -0.4 is 10.1 Å². The average Bonchev–Trinajstić information content (AvgIpc) is 3.42. The van der Waals surface area contributed by atoms with Gasteiger partial charge in [0.2, 0.25) is 5.96 Å². The first-order valence-electron chi connectivity index (χ1n) is 11.0. The van der Waals surface area contributed by atoms with E-state index in [-0.39, 0.29) is 24.8 Å². The third-order valence-electron chi connectivity index (χ3n) is 5.53. The van der Waals surface area contributed by atoms with Gasteiger partial charge in [0.25, 0.3) is 5.91 Å². The second-order valence-corrected chi connectivity index (χ2v) is 7.89. The molecule has 1 fully saturated rings. The van der Waals surface area contributed by atoms with Gasteiger partial charge >= 0.3 is 0 Å². The number of carbonyl (C=O) groups excluding carboxylic acids is 1. The van der Waals surface area contributed by atoms with Crippen molar-refractivity contribution in [3.05, 3.63) is 83.3 Å². The molecule has 1 aliphatic heterocycles. The van der Waals surface area contributed by atoms with Crippen LogP contribution in [-0.2, 0) is 4.79 Å². The molecule has 1 atom stereocenters. The number of halogens is 1. The van der Waals surface area contributed by atoms with E-state index in [1.54, 1.807) is 25.6 Å². The summed E-state index contributed by atoms with van der Waals surface area (Å²) >= 11 is 0. The number of aryl methyl sites for hydroxylation is 1. The van der Waals surface area contributed by atoms with Gasteiger partial charge in [-0.15, -0.1) is 0 Å². The van der Waals surface area contributed by atoms with Crippen molar-refractivity contribution in [2.45, 2.75) is 13.0 Å². The lowest BCUT2D eigenvalue weighted by atomic mass is 10.1. The molecule has 0 spiro atoms. The fourth-order valence-corrected chi connectivity index (χ4v) is 3.86. The smallest absolute Gasteiger partial charge is 0.277 e. The Bertz CT molecular complexity index is 1270. The van der Waals surface area contributed by atoms with Crippen molar-refractivity contribution in [3.63, 3.8) is 0 Å². The van der Waals surface area contributed by atoms with Crippen LogP contribution in [0.2, 0.25) is 0 Å². The molecule has 0 unspecified atom stereocenters. The second kappa shape index (κ2) is 10.5. The number of aliphatic hydroxyl groups excluding tert-OH is 2. The molecule has 2 aromatic carbocycles. The number of ether oxygens (including phenoxy) is 1. The number of nitrogens with zero attached hydrogens (tertiary/aromatic N) is 4. The SMILES string of the molecule is COc1cc(/C=C2\N/C(=N\CCO)N([C@H](CO)c3ccc(F)cc3)C2=O)ccc1-n1cnc(C)c1. The van der Waals surface area contributed by atoms with E-state index < -0.39 is 24.4 Å². The summed E-state index contributed by atoms with van der Waals surface area (Å²) in [5.74, 6) is -0.0587. The molecule has 9 nitrogen and oxygen atoms in total. The highest BCUT2D eigenvalue weighted by molar-refractivity contribution is 6.15. The Balaban J connectivity index is 1.69. The van der Waals surface area contributed by atoms with E-state index in [2.05, 4.69) is 15.3 Å². The predicted octanol–water partition coefficient (Wildman–Crippen LogP) is 2.18. The molecule has 3 aromatic rings. The van der Waals surface area contributed by atoms with E-state index >= 15 is 0 Å². The summed E-state index contributed by atoms with van der Waals surface area (Å²) < 4.78 is 20.8. The molecular formula is C25H26FN5O4. The minimum absolute atomic E-state index is 0.0633. The van der Waals surface area contributed by atoms with Crippen molar-refractivity contribution in [2.75, 3.05) is 26.9 Å². The summed E-state index contributed by atoms with van der Waals surface area (Å²) in [6.07, 6.45) is 5.23. The number of amides is 1. The maximum atomic E-state index is 13.4. The van der Waals surface area contributed by atoms with Gasteiger partial charge in [0.05, 0.1) is 50.6 Å². The zero-order valence-electron chi connectivity index (χ0n) is 19.3. The Morgan fingerprint density at radius 3 is 2.63 bits per heavy atom. The molecule has 182 valence electrons. The third-order valence-corrected chi connectivity index (χ3v) is 5.53. The third kappa shape index (κ3) is 5.08. The number of nitrogens with one attached hydrogen (secondary N) is 1. The number of aliphatic imine (C=N–C) groups is 1. The van der Waals surface area contributed by atoms with E-state index in [0.29, 0.717) is 16.9 Å². The largest absolute Gasteiger partial charge is 0.495 e. The molecule has 0 radical (unpaired) electrons. The number of rotatable bonds is 8. The van der Waals surface area contributed by atoms with Crippen LogP contribution in [0, 0.1) is 12.7 Å². The summed E-state index contributed by atoms with van der Waals surface area (Å²) in [5, 5.41) is 22.3. The number of benzene rings is 2. The number of imidazole rings is 1. The highest BCUT2D eigenvalue weighted by Crippen LogP contribution is 2.29. The fraction of sp³-hybridized carbons (Fsp3) is 0.240. The van der Waals surface area contributed by atoms with Crippen LogP contribution in [0.15, 0.2) is 65.7 Å². The lowest BCUT2D eigenvalue weighted by Crippen LogP contribution is -2.38. The quantitative estimate of drug-likeness (QED) is 0.427. The zero-order valence-corrected chi connectivity index (χ0v) is 19.3. The average molecular weight is 480 g/mol. The highest BCUT2D eigenvalue weighted by Gasteiger charge is 2.37. The van der Waals surface area contributed by atoms with Crippen LogP contribution in [0.25, 0.3) is 11.8 Å². The summed E-state index contributed by atoms with van der Waals surface area (Å²) in [6.45, 7) is 1.34. The first-order valence-corrected chi connectivity index (χ1v) is 11.0. The predicted molar refractivity (Wildman–Crippen MR) is 128 cm³/mol. The van der Waals surface area contributed by atoms with Crippen molar-refractivity contribution >= 4 is 17.9 Å². The molecule has 35 heavy (non-hydrogen) atoms. The van der Waals surface area contributed by atoms with Crippen LogP contribution in [0.4, 0.5) is 4.39 Å². The summed E-state index contributed by atoms with van der Waals surface area (Å²) in [7, 11) is 1.56. The van der Waals surface area contributed by atoms with Crippen LogP contribution in [0.5, 0.6) is 5.75 Å². The van der Waals surface area contributed by atoms with Gasteiger partial charge in [-0.25, -0.2) is 9.37 Å². The Hall–Kier alpha value is -4.02. The zero-order chi connectivity index (χ0) is 24.9. The van der Waals surface area contributed by atoms with Crippen LogP contribution >= 0.6 is 0 Å². The lowest BCUT2D eigenvalue weighted by molar-refractivity contribution is -0.124. The summed E-state index contributed by atoms with van der Waals surface area (Å²) in [5.41, 5.74) is 3.14. The molecule has 1 amide bonds. The number of hydrogen-bond acceptors (Lipinski definition) is 6. The van der Waals surface area contributed by atoms with Crippen molar-refractivity contribution in [1.29, 1.82) is 0 Å². The van der Waals surface area contributed by atoms with Gasteiger partial charge in [-0.2, -0.15) is 0 Å². The molecule has 1 saturated heterocycles. The molecule has 1 aromatic heterocycles. The summed E-state index contributed by atoms with van der Waals surface area (Å²) in [4.78, 5) is 23.2. The van der Waals surface area contributed by atoms with Gasteiger partial charge in [-0.3, -0.25) is 14.7 Å². The topological polar surface area (TPSA) is 112 Å². The van der Waals surface area contributed by atoms with Gasteiger partial charge in [-0.05, 0) is 48.4 Å². The maximum absolute atomic E-state index is 13.4. The standard InChI is InChI=1S/C25H26FN5O4/c1-16-13-30(15-28-16)21-8-3-17(12-23(21)35-2)11-20-24(34)31(25(29-20)27-9-10-32)22(14-33)18-4-6-19(26)7-5-18/h3-8,11-13,15,22,32-33H,9-10,14H2,1-2H3,(H,27,29)/b20-11-/t22-/m1/s1. The monoisotopic (exact) mass is 479 g/mol. The number of hydrogen-bond donors (Lipinski definition) is 3. The molecule has 2 heterocycles. The van der Waals surface area contributed by atoms with Crippen LogP contribution in [-0.4, -0.2) is 63.4 Å².